The maximum Gasteiger partial charge on any atom is 0.191 e. The molecular weight excluding hydrogens is 535 g/mol. The van der Waals surface area contributed by atoms with Crippen LogP contribution in [-0.2, 0) is 11.2 Å². The van der Waals surface area contributed by atoms with Gasteiger partial charge in [0, 0.05) is 44.6 Å². The lowest BCUT2D eigenvalue weighted by atomic mass is 10.0. The van der Waals surface area contributed by atoms with Crippen LogP contribution in [0, 0.1) is 0 Å². The summed E-state index contributed by atoms with van der Waals surface area (Å²) < 4.78 is 16.6. The molecule has 4 rings (SSSR count). The third-order valence-electron chi connectivity index (χ3n) is 5.76. The molecule has 1 aromatic carbocycles. The normalized spacial score (nSPS) is 20.7. The number of fused-ring (bicyclic) bond motifs is 1. The highest BCUT2D eigenvalue weighted by Gasteiger charge is 2.26. The van der Waals surface area contributed by atoms with Crippen LogP contribution in [0.1, 0.15) is 30.7 Å². The van der Waals surface area contributed by atoms with Gasteiger partial charge in [-0.2, -0.15) is 0 Å². The summed E-state index contributed by atoms with van der Waals surface area (Å²) in [6.45, 7) is 7.14. The Morgan fingerprint density at radius 3 is 2.79 bits per heavy atom. The van der Waals surface area contributed by atoms with Crippen LogP contribution in [0.4, 0.5) is 0 Å². The topological polar surface area (TPSA) is 91.5 Å². The summed E-state index contributed by atoms with van der Waals surface area (Å²) in [6, 6.07) is 12.0. The maximum absolute atomic E-state index is 11.0. The zero-order valence-corrected chi connectivity index (χ0v) is 21.5. The summed E-state index contributed by atoms with van der Waals surface area (Å²) in [4.78, 5) is 6.99. The number of benzene rings is 1. The molecule has 33 heavy (non-hydrogen) atoms. The molecule has 9 heteroatoms. The average Bonchev–Trinajstić information content (AvgIpc) is 3.31. The second-order valence-corrected chi connectivity index (χ2v) is 8.68. The molecule has 2 aromatic rings. The number of halogens is 1. The Balaban J connectivity index is 0.00000306. The first-order valence-corrected chi connectivity index (χ1v) is 11.4. The molecule has 182 valence electrons. The summed E-state index contributed by atoms with van der Waals surface area (Å²) in [7, 11) is 0. The molecule has 8 nitrogen and oxygen atoms in total. The zero-order chi connectivity index (χ0) is 22.2. The molecular formula is C24H35IN4O4. The molecule has 1 fully saturated rings. The molecule has 2 aliphatic rings. The van der Waals surface area contributed by atoms with E-state index in [4.69, 9.17) is 18.9 Å². The van der Waals surface area contributed by atoms with Gasteiger partial charge in [0.25, 0.3) is 0 Å². The van der Waals surface area contributed by atoms with Crippen molar-refractivity contribution in [3.05, 3.63) is 54.0 Å². The summed E-state index contributed by atoms with van der Waals surface area (Å²) in [5, 5.41) is 17.9. The standard InChI is InChI=1S/C24H34N4O4.HI/c1-24(29,18-28-11-15-30-16-12-28)17-26-23(25-10-8-19-5-4-13-31-19)27-21-9-14-32-22-7-3-2-6-20(21)22;/h2-7,13,21,29H,8-12,14-18H2,1H3,(H2,25,26,27);1H. The average molecular weight is 570 g/mol. The molecule has 1 aromatic heterocycles. The monoisotopic (exact) mass is 570 g/mol. The lowest BCUT2D eigenvalue weighted by molar-refractivity contribution is -0.0180. The van der Waals surface area contributed by atoms with Crippen LogP contribution in [-0.4, -0.2) is 74.1 Å². The molecule has 0 aliphatic carbocycles. The van der Waals surface area contributed by atoms with Crippen LogP contribution < -0.4 is 15.4 Å². The smallest absolute Gasteiger partial charge is 0.191 e. The van der Waals surface area contributed by atoms with E-state index in [0.29, 0.717) is 45.4 Å². The molecule has 3 N–H and O–H groups in total. The van der Waals surface area contributed by atoms with E-state index in [0.717, 1.165) is 43.0 Å². The number of nitrogens with zero attached hydrogens (tertiary/aromatic N) is 2. The van der Waals surface area contributed by atoms with E-state index < -0.39 is 5.60 Å². The van der Waals surface area contributed by atoms with Gasteiger partial charge < -0.3 is 29.6 Å². The van der Waals surface area contributed by atoms with Crippen LogP contribution in [0.3, 0.4) is 0 Å². The maximum atomic E-state index is 11.0. The third-order valence-corrected chi connectivity index (χ3v) is 5.76. The van der Waals surface area contributed by atoms with Crippen molar-refractivity contribution in [1.82, 2.24) is 15.5 Å². The second kappa shape index (κ2) is 12.6. The number of rotatable bonds is 8. The molecule has 0 amide bonds. The number of ether oxygens (including phenoxy) is 2. The largest absolute Gasteiger partial charge is 0.493 e. The number of β-amino-alcohol motifs (C(OH)–C–C–N with tert-alkyl or cyclic N) is 1. The van der Waals surface area contributed by atoms with Crippen molar-refractivity contribution < 1.29 is 19.0 Å². The Hall–Kier alpha value is -1.82. The van der Waals surface area contributed by atoms with Gasteiger partial charge in [0.2, 0.25) is 0 Å². The number of nitrogens with one attached hydrogen (secondary N) is 2. The number of hydrogen-bond donors (Lipinski definition) is 3. The Morgan fingerprint density at radius 1 is 1.18 bits per heavy atom. The van der Waals surface area contributed by atoms with Crippen molar-refractivity contribution in [1.29, 1.82) is 0 Å². The lowest BCUT2D eigenvalue weighted by Crippen LogP contribution is -2.48. The van der Waals surface area contributed by atoms with Crippen molar-refractivity contribution in [2.24, 2.45) is 4.99 Å². The Bertz CT molecular complexity index is 869. The van der Waals surface area contributed by atoms with Crippen LogP contribution in [0.25, 0.3) is 0 Å². The molecule has 3 heterocycles. The molecule has 0 saturated carbocycles. The lowest BCUT2D eigenvalue weighted by Gasteiger charge is -2.33. The van der Waals surface area contributed by atoms with Crippen LogP contribution >= 0.6 is 24.0 Å². The molecule has 1 saturated heterocycles. The fourth-order valence-corrected chi connectivity index (χ4v) is 4.11. The van der Waals surface area contributed by atoms with E-state index in [-0.39, 0.29) is 30.0 Å². The number of morpholine rings is 1. The summed E-state index contributed by atoms with van der Waals surface area (Å²) in [5.41, 5.74) is 0.194. The van der Waals surface area contributed by atoms with Gasteiger partial charge in [-0.05, 0) is 25.1 Å². The zero-order valence-electron chi connectivity index (χ0n) is 19.2. The van der Waals surface area contributed by atoms with Crippen LogP contribution in [0.5, 0.6) is 5.75 Å². The van der Waals surface area contributed by atoms with Gasteiger partial charge in [-0.1, -0.05) is 18.2 Å². The molecule has 0 radical (unpaired) electrons. The molecule has 2 unspecified atom stereocenters. The fourth-order valence-electron chi connectivity index (χ4n) is 4.11. The molecule has 0 bridgehead atoms. The fraction of sp³-hybridized carbons (Fsp3) is 0.542. The number of aliphatic imine (C=N–C) groups is 1. The predicted octanol–water partition coefficient (Wildman–Crippen LogP) is 2.58. The molecule has 2 atom stereocenters. The Morgan fingerprint density at radius 2 is 2.00 bits per heavy atom. The molecule has 2 aliphatic heterocycles. The number of hydrogen-bond acceptors (Lipinski definition) is 6. The van der Waals surface area contributed by atoms with Crippen LogP contribution in [0.15, 0.2) is 52.1 Å². The third kappa shape index (κ3) is 7.87. The van der Waals surface area contributed by atoms with Gasteiger partial charge in [0.05, 0.1) is 44.3 Å². The van der Waals surface area contributed by atoms with Gasteiger partial charge in [0.15, 0.2) is 5.96 Å². The first-order chi connectivity index (χ1) is 15.6. The molecule has 0 spiro atoms. The van der Waals surface area contributed by atoms with Gasteiger partial charge in [-0.3, -0.25) is 9.89 Å². The highest BCUT2D eigenvalue weighted by molar-refractivity contribution is 14.0. The van der Waals surface area contributed by atoms with Crippen molar-refractivity contribution in [3.8, 4) is 5.75 Å². The summed E-state index contributed by atoms with van der Waals surface area (Å²) >= 11 is 0. The van der Waals surface area contributed by atoms with E-state index >= 15 is 0 Å². The predicted molar refractivity (Wildman–Crippen MR) is 138 cm³/mol. The van der Waals surface area contributed by atoms with Gasteiger partial charge in [0.1, 0.15) is 11.5 Å². The van der Waals surface area contributed by atoms with Crippen LogP contribution in [0.2, 0.25) is 0 Å². The highest BCUT2D eigenvalue weighted by Crippen LogP contribution is 2.31. The van der Waals surface area contributed by atoms with E-state index in [1.54, 1.807) is 6.26 Å². The van der Waals surface area contributed by atoms with E-state index in [1.165, 1.54) is 0 Å². The summed E-state index contributed by atoms with van der Waals surface area (Å²) in [5.74, 6) is 2.51. The Labute approximate surface area is 212 Å². The SMILES string of the molecule is CC(O)(CN=C(NCCc1ccco1)NC1CCOc2ccccc21)CN1CCOCC1.I. The quantitative estimate of drug-likeness (QED) is 0.256. The minimum atomic E-state index is -0.930. The minimum absolute atomic E-state index is 0. The first-order valence-electron chi connectivity index (χ1n) is 11.4. The number of guanidine groups is 1. The van der Waals surface area contributed by atoms with E-state index in [1.807, 2.05) is 37.3 Å². The number of furan rings is 1. The van der Waals surface area contributed by atoms with Crippen molar-refractivity contribution >= 4 is 29.9 Å². The summed E-state index contributed by atoms with van der Waals surface area (Å²) in [6.07, 6.45) is 3.28. The van der Waals surface area contributed by atoms with Crippen molar-refractivity contribution in [2.75, 3.05) is 52.5 Å². The van der Waals surface area contributed by atoms with Crippen molar-refractivity contribution in [3.63, 3.8) is 0 Å². The van der Waals surface area contributed by atoms with Crippen molar-refractivity contribution in [2.45, 2.75) is 31.4 Å². The van der Waals surface area contributed by atoms with E-state index in [9.17, 15) is 5.11 Å². The number of para-hydroxylation sites is 1. The first kappa shape index (κ1) is 25.8. The number of aliphatic hydroxyl groups is 1. The van der Waals surface area contributed by atoms with Gasteiger partial charge in [-0.15, -0.1) is 24.0 Å². The Kier molecular flexibility index (Phi) is 9.84. The second-order valence-electron chi connectivity index (χ2n) is 8.68. The van der Waals surface area contributed by atoms with Gasteiger partial charge in [-0.25, -0.2) is 0 Å². The van der Waals surface area contributed by atoms with Gasteiger partial charge >= 0.3 is 0 Å². The van der Waals surface area contributed by atoms with E-state index in [2.05, 4.69) is 21.6 Å². The highest BCUT2D eigenvalue weighted by atomic mass is 127. The minimum Gasteiger partial charge on any atom is -0.493 e.